The van der Waals surface area contributed by atoms with Crippen molar-refractivity contribution < 1.29 is 9.47 Å². The van der Waals surface area contributed by atoms with Crippen molar-refractivity contribution in [3.05, 3.63) is 24.3 Å². The molecule has 0 heterocycles. The molecule has 1 aromatic rings. The van der Waals surface area contributed by atoms with Gasteiger partial charge in [0.15, 0.2) is 0 Å². The molecule has 3 heteroatoms. The summed E-state index contributed by atoms with van der Waals surface area (Å²) < 4.78 is 11.1. The molecule has 1 saturated carbocycles. The van der Waals surface area contributed by atoms with E-state index in [1.807, 2.05) is 24.3 Å². The summed E-state index contributed by atoms with van der Waals surface area (Å²) >= 11 is 0. The molecule has 2 unspecified atom stereocenters. The Labute approximate surface area is 103 Å². The smallest absolute Gasteiger partial charge is 0.120 e. The second-order valence-electron chi connectivity index (χ2n) is 4.63. The summed E-state index contributed by atoms with van der Waals surface area (Å²) in [5.41, 5.74) is 6.13. The van der Waals surface area contributed by atoms with Crippen LogP contribution < -0.4 is 15.2 Å². The van der Waals surface area contributed by atoms with E-state index in [2.05, 4.69) is 0 Å². The van der Waals surface area contributed by atoms with Crippen molar-refractivity contribution in [3.8, 4) is 11.5 Å². The van der Waals surface area contributed by atoms with E-state index in [4.69, 9.17) is 15.2 Å². The summed E-state index contributed by atoms with van der Waals surface area (Å²) in [6.07, 6.45) is 6.01. The maximum atomic E-state index is 6.13. The van der Waals surface area contributed by atoms with Gasteiger partial charge in [-0.25, -0.2) is 0 Å². The van der Waals surface area contributed by atoms with E-state index in [1.54, 1.807) is 7.11 Å². The molecule has 0 aliphatic heterocycles. The van der Waals surface area contributed by atoms with Crippen LogP contribution in [0.4, 0.5) is 0 Å². The Balaban J connectivity index is 1.98. The van der Waals surface area contributed by atoms with Gasteiger partial charge in [-0.3, -0.25) is 0 Å². The van der Waals surface area contributed by atoms with Gasteiger partial charge < -0.3 is 15.2 Å². The van der Waals surface area contributed by atoms with Crippen LogP contribution in [-0.4, -0.2) is 19.3 Å². The lowest BCUT2D eigenvalue weighted by molar-refractivity contribution is 0.162. The molecule has 2 N–H and O–H groups in total. The molecule has 3 nitrogen and oxygen atoms in total. The molecule has 0 aromatic heterocycles. The van der Waals surface area contributed by atoms with Crippen LogP contribution in [0.3, 0.4) is 0 Å². The number of hydrogen-bond acceptors (Lipinski definition) is 3. The minimum absolute atomic E-state index is 0.158. The van der Waals surface area contributed by atoms with Crippen LogP contribution in [0.15, 0.2) is 24.3 Å². The molecule has 94 valence electrons. The van der Waals surface area contributed by atoms with Crippen molar-refractivity contribution in [1.82, 2.24) is 0 Å². The van der Waals surface area contributed by atoms with Crippen LogP contribution in [0.25, 0.3) is 0 Å². The fraction of sp³-hybridized carbons (Fsp3) is 0.571. The Morgan fingerprint density at radius 1 is 1.00 bits per heavy atom. The van der Waals surface area contributed by atoms with Crippen LogP contribution in [0.2, 0.25) is 0 Å². The molecule has 1 aromatic carbocycles. The first-order valence-corrected chi connectivity index (χ1v) is 6.36. The Hall–Kier alpha value is -1.22. The highest BCUT2D eigenvalue weighted by Gasteiger charge is 2.21. The van der Waals surface area contributed by atoms with E-state index in [-0.39, 0.29) is 12.1 Å². The molecule has 0 amide bonds. The monoisotopic (exact) mass is 235 g/mol. The summed E-state index contributed by atoms with van der Waals surface area (Å²) in [5.74, 6) is 1.73. The van der Waals surface area contributed by atoms with Gasteiger partial charge in [-0.15, -0.1) is 0 Å². The SMILES string of the molecule is COc1ccc(OC2CCCCCC2N)cc1. The highest BCUT2D eigenvalue weighted by Crippen LogP contribution is 2.23. The summed E-state index contributed by atoms with van der Waals surface area (Å²) in [4.78, 5) is 0. The molecule has 1 fully saturated rings. The summed E-state index contributed by atoms with van der Waals surface area (Å²) in [5, 5.41) is 0. The van der Waals surface area contributed by atoms with E-state index in [0.29, 0.717) is 0 Å². The predicted octanol–water partition coefficient (Wildman–Crippen LogP) is 2.73. The van der Waals surface area contributed by atoms with Gasteiger partial charge in [-0.1, -0.05) is 12.8 Å². The third-order valence-corrected chi connectivity index (χ3v) is 3.35. The largest absolute Gasteiger partial charge is 0.497 e. The number of ether oxygens (including phenoxy) is 2. The van der Waals surface area contributed by atoms with Crippen molar-refractivity contribution in [3.63, 3.8) is 0 Å². The number of hydrogen-bond donors (Lipinski definition) is 1. The Morgan fingerprint density at radius 3 is 2.35 bits per heavy atom. The third-order valence-electron chi connectivity index (χ3n) is 3.35. The predicted molar refractivity (Wildman–Crippen MR) is 68.5 cm³/mol. The minimum atomic E-state index is 0.158. The first-order chi connectivity index (χ1) is 8.29. The molecule has 1 aliphatic carbocycles. The van der Waals surface area contributed by atoms with Crippen molar-refractivity contribution in [2.45, 2.75) is 44.2 Å². The second-order valence-corrected chi connectivity index (χ2v) is 4.63. The normalized spacial score (nSPS) is 25.1. The first kappa shape index (κ1) is 12.2. The van der Waals surface area contributed by atoms with Gasteiger partial charge in [0.25, 0.3) is 0 Å². The van der Waals surface area contributed by atoms with Gasteiger partial charge in [0.05, 0.1) is 7.11 Å². The number of nitrogens with two attached hydrogens (primary N) is 1. The van der Waals surface area contributed by atoms with E-state index in [9.17, 15) is 0 Å². The molecule has 0 spiro atoms. The van der Waals surface area contributed by atoms with Gasteiger partial charge in [0.2, 0.25) is 0 Å². The molecule has 0 saturated heterocycles. The molecule has 2 atom stereocenters. The zero-order chi connectivity index (χ0) is 12.1. The quantitative estimate of drug-likeness (QED) is 0.819. The van der Waals surface area contributed by atoms with Crippen molar-refractivity contribution in [2.75, 3.05) is 7.11 Å². The third kappa shape index (κ3) is 3.37. The minimum Gasteiger partial charge on any atom is -0.497 e. The van der Waals surface area contributed by atoms with Crippen LogP contribution >= 0.6 is 0 Å². The lowest BCUT2D eigenvalue weighted by Crippen LogP contribution is -2.37. The van der Waals surface area contributed by atoms with Crippen LogP contribution in [0.5, 0.6) is 11.5 Å². The Bertz CT molecular complexity index is 337. The fourth-order valence-electron chi connectivity index (χ4n) is 2.28. The maximum Gasteiger partial charge on any atom is 0.120 e. The molecule has 0 radical (unpaired) electrons. The van der Waals surface area contributed by atoms with Crippen molar-refractivity contribution in [2.24, 2.45) is 5.73 Å². The van der Waals surface area contributed by atoms with E-state index in [1.165, 1.54) is 19.3 Å². The zero-order valence-corrected chi connectivity index (χ0v) is 10.4. The topological polar surface area (TPSA) is 44.5 Å². The molecule has 2 rings (SSSR count). The van der Waals surface area contributed by atoms with Gasteiger partial charge in [0.1, 0.15) is 17.6 Å². The lowest BCUT2D eigenvalue weighted by atomic mass is 10.1. The number of rotatable bonds is 3. The van der Waals surface area contributed by atoms with Crippen LogP contribution in [-0.2, 0) is 0 Å². The number of methoxy groups -OCH3 is 1. The highest BCUT2D eigenvalue weighted by molar-refractivity contribution is 5.31. The summed E-state index contributed by atoms with van der Waals surface area (Å²) in [7, 11) is 1.66. The average molecular weight is 235 g/mol. The van der Waals surface area contributed by atoms with Crippen molar-refractivity contribution >= 4 is 0 Å². The Morgan fingerprint density at radius 2 is 1.65 bits per heavy atom. The zero-order valence-electron chi connectivity index (χ0n) is 10.4. The second kappa shape index (κ2) is 5.92. The first-order valence-electron chi connectivity index (χ1n) is 6.36. The van der Waals surface area contributed by atoms with Crippen LogP contribution in [0, 0.1) is 0 Å². The van der Waals surface area contributed by atoms with E-state index in [0.717, 1.165) is 24.3 Å². The summed E-state index contributed by atoms with van der Waals surface area (Å²) in [6, 6.07) is 7.88. The average Bonchev–Trinajstić information content (AvgIpc) is 2.56. The van der Waals surface area contributed by atoms with Gasteiger partial charge in [-0.05, 0) is 43.5 Å². The highest BCUT2D eigenvalue weighted by atomic mass is 16.5. The number of benzene rings is 1. The standard InChI is InChI=1S/C14H21NO2/c1-16-11-7-9-12(10-8-11)17-14-6-4-2-3-5-13(14)15/h7-10,13-14H,2-6,15H2,1H3. The molecule has 1 aliphatic rings. The van der Waals surface area contributed by atoms with Gasteiger partial charge in [-0.2, -0.15) is 0 Å². The van der Waals surface area contributed by atoms with E-state index < -0.39 is 0 Å². The Kier molecular flexibility index (Phi) is 4.26. The molecular formula is C14H21NO2. The molecular weight excluding hydrogens is 214 g/mol. The summed E-state index contributed by atoms with van der Waals surface area (Å²) in [6.45, 7) is 0. The fourth-order valence-corrected chi connectivity index (χ4v) is 2.28. The van der Waals surface area contributed by atoms with E-state index >= 15 is 0 Å². The molecule has 0 bridgehead atoms. The van der Waals surface area contributed by atoms with Crippen molar-refractivity contribution in [1.29, 1.82) is 0 Å². The van der Waals surface area contributed by atoms with Crippen LogP contribution in [0.1, 0.15) is 32.1 Å². The van der Waals surface area contributed by atoms with Gasteiger partial charge >= 0.3 is 0 Å². The molecule has 17 heavy (non-hydrogen) atoms. The lowest BCUT2D eigenvalue weighted by Gasteiger charge is -2.22. The maximum absolute atomic E-state index is 6.13. The van der Waals surface area contributed by atoms with Gasteiger partial charge in [0, 0.05) is 6.04 Å².